The molecule has 1 atom stereocenters. The number of hydrogen-bond acceptors (Lipinski definition) is 5. The molecule has 0 saturated carbocycles. The molecule has 0 fully saturated rings. The predicted octanol–water partition coefficient (Wildman–Crippen LogP) is 3.59. The number of nitrogens with zero attached hydrogens (tertiary/aromatic N) is 3. The van der Waals surface area contributed by atoms with Crippen LogP contribution in [0.2, 0.25) is 0 Å². The van der Waals surface area contributed by atoms with Gasteiger partial charge in [-0.3, -0.25) is 0 Å². The van der Waals surface area contributed by atoms with Crippen molar-refractivity contribution in [3.8, 4) is 6.07 Å². The van der Waals surface area contributed by atoms with Gasteiger partial charge in [0.2, 0.25) is 5.89 Å². The van der Waals surface area contributed by atoms with Crippen LogP contribution in [0.15, 0.2) is 4.52 Å². The van der Waals surface area contributed by atoms with Crippen molar-refractivity contribution in [3.63, 3.8) is 0 Å². The van der Waals surface area contributed by atoms with Gasteiger partial charge in [0.1, 0.15) is 0 Å². The smallest absolute Gasteiger partial charge is 0.227 e. The summed E-state index contributed by atoms with van der Waals surface area (Å²) in [5.74, 6) is 3.34. The van der Waals surface area contributed by atoms with Crippen LogP contribution in [0.5, 0.6) is 0 Å². The van der Waals surface area contributed by atoms with Gasteiger partial charge in [-0.25, -0.2) is 0 Å². The lowest BCUT2D eigenvalue weighted by atomic mass is 9.81. The highest BCUT2D eigenvalue weighted by Crippen LogP contribution is 2.29. The first-order valence-corrected chi connectivity index (χ1v) is 7.55. The fraction of sp³-hybridized carbons (Fsp3) is 0.769. The number of aromatic nitrogens is 2. The van der Waals surface area contributed by atoms with E-state index in [0.717, 1.165) is 30.2 Å². The van der Waals surface area contributed by atoms with Crippen LogP contribution in [0.1, 0.15) is 51.7 Å². The molecule has 1 aromatic rings. The molecule has 1 unspecified atom stereocenters. The maximum atomic E-state index is 8.84. The molecule has 0 spiro atoms. The summed E-state index contributed by atoms with van der Waals surface area (Å²) in [5.41, 5.74) is -0.0604. The van der Waals surface area contributed by atoms with Crippen molar-refractivity contribution in [1.29, 1.82) is 5.26 Å². The molecule has 0 aromatic carbocycles. The number of thioether (sulfide) groups is 1. The summed E-state index contributed by atoms with van der Waals surface area (Å²) in [6, 6.07) is 2.23. The van der Waals surface area contributed by atoms with E-state index in [-0.39, 0.29) is 5.41 Å². The molecule has 0 aliphatic rings. The second-order valence-electron chi connectivity index (χ2n) is 4.83. The first kappa shape index (κ1) is 15.0. The molecule has 5 heteroatoms. The Morgan fingerprint density at radius 2 is 2.22 bits per heavy atom. The Bertz CT molecular complexity index is 399. The van der Waals surface area contributed by atoms with Crippen molar-refractivity contribution in [2.24, 2.45) is 5.41 Å². The maximum Gasteiger partial charge on any atom is 0.227 e. The van der Waals surface area contributed by atoms with Crippen molar-refractivity contribution < 1.29 is 4.52 Å². The van der Waals surface area contributed by atoms with Gasteiger partial charge in [-0.15, -0.1) is 0 Å². The topological polar surface area (TPSA) is 62.7 Å². The molecule has 0 radical (unpaired) electrons. The molecule has 1 aromatic heterocycles. The van der Waals surface area contributed by atoms with E-state index in [2.05, 4.69) is 37.0 Å². The highest BCUT2D eigenvalue weighted by atomic mass is 32.2. The fourth-order valence-corrected chi connectivity index (χ4v) is 2.33. The predicted molar refractivity (Wildman–Crippen MR) is 73.1 cm³/mol. The average Bonchev–Trinajstić information content (AvgIpc) is 2.77. The fourth-order valence-electron chi connectivity index (χ4n) is 1.60. The normalized spacial score (nSPS) is 14.1. The minimum absolute atomic E-state index is 0.0604. The SMILES string of the molecule is CCCSCc1noc(CC(C)(CC)CC#N)n1. The Balaban J connectivity index is 2.55. The summed E-state index contributed by atoms with van der Waals surface area (Å²) in [6.07, 6.45) is 3.29. The van der Waals surface area contributed by atoms with Gasteiger partial charge < -0.3 is 4.52 Å². The van der Waals surface area contributed by atoms with Gasteiger partial charge in [-0.1, -0.05) is 25.9 Å². The minimum atomic E-state index is -0.0604. The monoisotopic (exact) mass is 267 g/mol. The molecule has 0 aliphatic carbocycles. The van der Waals surface area contributed by atoms with E-state index in [1.807, 2.05) is 11.8 Å². The van der Waals surface area contributed by atoms with Gasteiger partial charge in [0.05, 0.1) is 11.8 Å². The first-order chi connectivity index (χ1) is 8.63. The molecule has 0 amide bonds. The third kappa shape index (κ3) is 4.69. The average molecular weight is 267 g/mol. The zero-order valence-electron chi connectivity index (χ0n) is 11.4. The molecular formula is C13H21N3OS. The van der Waals surface area contributed by atoms with E-state index >= 15 is 0 Å². The summed E-state index contributed by atoms with van der Waals surface area (Å²) in [4.78, 5) is 4.39. The van der Waals surface area contributed by atoms with Crippen molar-refractivity contribution in [2.75, 3.05) is 5.75 Å². The molecule has 4 nitrogen and oxygen atoms in total. The zero-order valence-corrected chi connectivity index (χ0v) is 12.2. The lowest BCUT2D eigenvalue weighted by Gasteiger charge is -2.22. The quantitative estimate of drug-likeness (QED) is 0.673. The van der Waals surface area contributed by atoms with Crippen LogP contribution in [0, 0.1) is 16.7 Å². The number of nitriles is 1. The Kier molecular flexibility index (Phi) is 6.20. The standard InChI is InChI=1S/C13H21N3OS/c1-4-8-18-10-11-15-12(17-16-11)9-13(3,5-2)6-7-14/h4-6,8-10H2,1-3H3. The zero-order chi connectivity index (χ0) is 13.4. The summed E-state index contributed by atoms with van der Waals surface area (Å²) in [6.45, 7) is 6.33. The lowest BCUT2D eigenvalue weighted by molar-refractivity contribution is 0.265. The van der Waals surface area contributed by atoms with Crippen molar-refractivity contribution in [3.05, 3.63) is 11.7 Å². The Labute approximate surface area is 113 Å². The van der Waals surface area contributed by atoms with Gasteiger partial charge in [0.25, 0.3) is 0 Å². The third-order valence-electron chi connectivity index (χ3n) is 3.03. The molecule has 100 valence electrons. The molecule has 0 saturated heterocycles. The second-order valence-corrected chi connectivity index (χ2v) is 5.94. The molecule has 0 N–H and O–H groups in total. The van der Waals surface area contributed by atoms with Crippen LogP contribution < -0.4 is 0 Å². The third-order valence-corrected chi connectivity index (χ3v) is 4.19. The summed E-state index contributed by atoms with van der Waals surface area (Å²) >= 11 is 1.82. The number of rotatable bonds is 8. The summed E-state index contributed by atoms with van der Waals surface area (Å²) in [7, 11) is 0. The lowest BCUT2D eigenvalue weighted by Crippen LogP contribution is -2.18. The molecular weight excluding hydrogens is 246 g/mol. The summed E-state index contributed by atoms with van der Waals surface area (Å²) < 4.78 is 5.26. The highest BCUT2D eigenvalue weighted by Gasteiger charge is 2.25. The van der Waals surface area contributed by atoms with Crippen molar-refractivity contribution in [2.45, 2.75) is 52.2 Å². The van der Waals surface area contributed by atoms with Crippen LogP contribution >= 0.6 is 11.8 Å². The van der Waals surface area contributed by atoms with Gasteiger partial charge in [-0.2, -0.15) is 22.0 Å². The summed E-state index contributed by atoms with van der Waals surface area (Å²) in [5, 5.41) is 12.8. The Morgan fingerprint density at radius 3 is 2.83 bits per heavy atom. The molecule has 0 aliphatic heterocycles. The van der Waals surface area contributed by atoms with E-state index in [1.165, 1.54) is 0 Å². The van der Waals surface area contributed by atoms with Gasteiger partial charge in [-0.05, 0) is 24.0 Å². The molecule has 1 rings (SSSR count). The van der Waals surface area contributed by atoms with Crippen LogP contribution in [-0.4, -0.2) is 15.9 Å². The van der Waals surface area contributed by atoms with Crippen molar-refractivity contribution >= 4 is 11.8 Å². The van der Waals surface area contributed by atoms with Crippen LogP contribution in [0.3, 0.4) is 0 Å². The van der Waals surface area contributed by atoms with Gasteiger partial charge in [0.15, 0.2) is 5.82 Å². The van der Waals surface area contributed by atoms with E-state index in [0.29, 0.717) is 18.7 Å². The minimum Gasteiger partial charge on any atom is -0.339 e. The number of hydrogen-bond donors (Lipinski definition) is 0. The largest absolute Gasteiger partial charge is 0.339 e. The first-order valence-electron chi connectivity index (χ1n) is 6.39. The van der Waals surface area contributed by atoms with Crippen LogP contribution in [0.25, 0.3) is 0 Å². The van der Waals surface area contributed by atoms with E-state index in [4.69, 9.17) is 9.78 Å². The van der Waals surface area contributed by atoms with Gasteiger partial charge >= 0.3 is 0 Å². The second kappa shape index (κ2) is 7.42. The Hall–Kier alpha value is -1.02. The van der Waals surface area contributed by atoms with Gasteiger partial charge in [0, 0.05) is 12.8 Å². The van der Waals surface area contributed by atoms with E-state index in [9.17, 15) is 0 Å². The maximum absolute atomic E-state index is 8.84. The Morgan fingerprint density at radius 1 is 1.44 bits per heavy atom. The van der Waals surface area contributed by atoms with Crippen LogP contribution in [0.4, 0.5) is 0 Å². The highest BCUT2D eigenvalue weighted by molar-refractivity contribution is 7.98. The molecule has 0 bridgehead atoms. The van der Waals surface area contributed by atoms with Crippen LogP contribution in [-0.2, 0) is 12.2 Å². The molecule has 1 heterocycles. The molecule has 18 heavy (non-hydrogen) atoms. The van der Waals surface area contributed by atoms with E-state index in [1.54, 1.807) is 0 Å². The van der Waals surface area contributed by atoms with E-state index < -0.39 is 0 Å². The van der Waals surface area contributed by atoms with Crippen molar-refractivity contribution in [1.82, 2.24) is 10.1 Å².